The molecule has 0 aliphatic carbocycles. The largest absolute Gasteiger partial charge is 0.441 e. The number of nitrogens with one attached hydrogen (secondary N) is 1. The van der Waals surface area contributed by atoms with Crippen molar-refractivity contribution in [3.8, 4) is 12.3 Å². The Morgan fingerprint density at radius 1 is 1.19 bits per heavy atom. The van der Waals surface area contributed by atoms with E-state index in [1.807, 2.05) is 47.8 Å². The van der Waals surface area contributed by atoms with Gasteiger partial charge in [0.25, 0.3) is 0 Å². The number of anilines is 1. The van der Waals surface area contributed by atoms with E-state index in [2.05, 4.69) is 16.2 Å². The molecule has 160 valence electrons. The molecule has 32 heavy (non-hydrogen) atoms. The standard InChI is InChI=1S/C25H21N3O3S/c1-3-23(29)28(19-11-12-21-20(16-19)27-17(2)31-21)24(22-10-7-15-32-22)25(30)26-14-13-18-8-5-4-6-9-18/h1,4-12,15-16,24H,13-14H2,2H3,(H,26,30). The van der Waals surface area contributed by atoms with Gasteiger partial charge < -0.3 is 9.73 Å². The summed E-state index contributed by atoms with van der Waals surface area (Å²) in [5, 5.41) is 4.82. The van der Waals surface area contributed by atoms with Gasteiger partial charge in [0.1, 0.15) is 5.52 Å². The minimum absolute atomic E-state index is 0.302. The number of hydrogen-bond acceptors (Lipinski definition) is 5. The van der Waals surface area contributed by atoms with Gasteiger partial charge in [0.15, 0.2) is 17.5 Å². The number of rotatable bonds is 7. The van der Waals surface area contributed by atoms with Crippen molar-refractivity contribution in [1.82, 2.24) is 10.3 Å². The maximum atomic E-state index is 13.3. The van der Waals surface area contributed by atoms with Crippen LogP contribution in [0.3, 0.4) is 0 Å². The predicted octanol–water partition coefficient (Wildman–Crippen LogP) is 4.26. The molecule has 0 aliphatic rings. The zero-order chi connectivity index (χ0) is 22.5. The molecule has 4 aromatic rings. The summed E-state index contributed by atoms with van der Waals surface area (Å²) in [5.74, 6) is 1.77. The highest BCUT2D eigenvalue weighted by Crippen LogP contribution is 2.32. The zero-order valence-electron chi connectivity index (χ0n) is 17.4. The van der Waals surface area contributed by atoms with E-state index in [1.54, 1.807) is 25.1 Å². The first-order valence-electron chi connectivity index (χ1n) is 10.1. The van der Waals surface area contributed by atoms with Gasteiger partial charge in [-0.3, -0.25) is 14.5 Å². The summed E-state index contributed by atoms with van der Waals surface area (Å²) in [6.45, 7) is 2.18. The average molecular weight is 444 g/mol. The lowest BCUT2D eigenvalue weighted by Crippen LogP contribution is -2.43. The van der Waals surface area contributed by atoms with Gasteiger partial charge in [0, 0.05) is 24.0 Å². The quantitative estimate of drug-likeness (QED) is 0.433. The van der Waals surface area contributed by atoms with E-state index < -0.39 is 11.9 Å². The van der Waals surface area contributed by atoms with Crippen LogP contribution in [0.2, 0.25) is 0 Å². The van der Waals surface area contributed by atoms with E-state index in [0.717, 1.165) is 5.56 Å². The summed E-state index contributed by atoms with van der Waals surface area (Å²) >= 11 is 1.39. The van der Waals surface area contributed by atoms with Crippen molar-refractivity contribution in [3.63, 3.8) is 0 Å². The van der Waals surface area contributed by atoms with Crippen molar-refractivity contribution in [1.29, 1.82) is 0 Å². The Kier molecular flexibility index (Phi) is 6.34. The van der Waals surface area contributed by atoms with Gasteiger partial charge in [0.05, 0.1) is 0 Å². The third-order valence-electron chi connectivity index (χ3n) is 4.97. The molecule has 0 spiro atoms. The molecular formula is C25H21N3O3S. The lowest BCUT2D eigenvalue weighted by Gasteiger charge is -2.29. The van der Waals surface area contributed by atoms with Crippen LogP contribution in [0, 0.1) is 19.3 Å². The van der Waals surface area contributed by atoms with Crippen LogP contribution in [0.15, 0.2) is 70.5 Å². The Balaban J connectivity index is 1.65. The van der Waals surface area contributed by atoms with Gasteiger partial charge in [-0.1, -0.05) is 36.4 Å². The fourth-order valence-corrected chi connectivity index (χ4v) is 4.34. The molecule has 0 saturated heterocycles. The number of carbonyl (C=O) groups is 2. The van der Waals surface area contributed by atoms with Gasteiger partial charge in [0.2, 0.25) is 5.91 Å². The smallest absolute Gasteiger partial charge is 0.303 e. The molecule has 1 N–H and O–H groups in total. The van der Waals surface area contributed by atoms with E-state index in [4.69, 9.17) is 10.8 Å². The molecule has 2 amide bonds. The van der Waals surface area contributed by atoms with Crippen molar-refractivity contribution in [2.45, 2.75) is 19.4 Å². The molecule has 0 radical (unpaired) electrons. The summed E-state index contributed by atoms with van der Waals surface area (Å²) < 4.78 is 5.53. The first kappa shape index (κ1) is 21.3. The second-order valence-corrected chi connectivity index (χ2v) is 8.13. The summed E-state index contributed by atoms with van der Waals surface area (Å²) in [4.78, 5) is 32.6. The molecular weight excluding hydrogens is 422 g/mol. The Bertz CT molecular complexity index is 1270. The van der Waals surface area contributed by atoms with Crippen LogP contribution in [-0.4, -0.2) is 23.3 Å². The highest BCUT2D eigenvalue weighted by molar-refractivity contribution is 7.10. The van der Waals surface area contributed by atoms with Crippen molar-refractivity contribution >= 4 is 39.9 Å². The minimum Gasteiger partial charge on any atom is -0.441 e. The second-order valence-electron chi connectivity index (χ2n) is 7.15. The van der Waals surface area contributed by atoms with E-state index in [-0.39, 0.29) is 5.91 Å². The monoisotopic (exact) mass is 443 g/mol. The summed E-state index contributed by atoms with van der Waals surface area (Å²) in [6, 6.07) is 17.8. The molecule has 0 fully saturated rings. The third kappa shape index (κ3) is 4.56. The topological polar surface area (TPSA) is 75.4 Å². The number of terminal acetylenes is 1. The molecule has 2 heterocycles. The second kappa shape index (κ2) is 9.50. The number of aryl methyl sites for hydroxylation is 1. The Hall–Kier alpha value is -3.89. The molecule has 0 bridgehead atoms. The van der Waals surface area contributed by atoms with E-state index in [0.29, 0.717) is 40.5 Å². The summed E-state index contributed by atoms with van der Waals surface area (Å²) in [5.41, 5.74) is 2.78. The molecule has 1 unspecified atom stereocenters. The van der Waals surface area contributed by atoms with E-state index >= 15 is 0 Å². The third-order valence-corrected chi connectivity index (χ3v) is 5.90. The van der Waals surface area contributed by atoms with Crippen molar-refractivity contribution in [3.05, 3.63) is 82.4 Å². The number of nitrogens with zero attached hydrogens (tertiary/aromatic N) is 2. The number of aromatic nitrogens is 1. The van der Waals surface area contributed by atoms with Crippen molar-refractivity contribution < 1.29 is 14.0 Å². The average Bonchev–Trinajstić information content (AvgIpc) is 3.45. The van der Waals surface area contributed by atoms with Gasteiger partial charge in [-0.15, -0.1) is 17.8 Å². The van der Waals surface area contributed by atoms with Crippen LogP contribution >= 0.6 is 11.3 Å². The highest BCUT2D eigenvalue weighted by atomic mass is 32.1. The van der Waals surface area contributed by atoms with Crippen LogP contribution in [0.4, 0.5) is 5.69 Å². The number of fused-ring (bicyclic) bond motifs is 1. The van der Waals surface area contributed by atoms with Gasteiger partial charge in [-0.25, -0.2) is 4.98 Å². The Morgan fingerprint density at radius 2 is 2.00 bits per heavy atom. The van der Waals surface area contributed by atoms with Crippen LogP contribution < -0.4 is 10.2 Å². The van der Waals surface area contributed by atoms with Crippen LogP contribution in [0.1, 0.15) is 22.4 Å². The fourth-order valence-electron chi connectivity index (χ4n) is 3.53. The van der Waals surface area contributed by atoms with Crippen LogP contribution in [0.25, 0.3) is 11.1 Å². The molecule has 6 nitrogen and oxygen atoms in total. The van der Waals surface area contributed by atoms with Crippen LogP contribution in [0.5, 0.6) is 0 Å². The SMILES string of the molecule is C#CC(=O)N(c1ccc2oc(C)nc2c1)C(C(=O)NCCc1ccccc1)c1cccs1. The van der Waals surface area contributed by atoms with Crippen LogP contribution in [-0.2, 0) is 16.0 Å². The maximum absolute atomic E-state index is 13.3. The van der Waals surface area contributed by atoms with Crippen molar-refractivity contribution in [2.75, 3.05) is 11.4 Å². The van der Waals surface area contributed by atoms with Gasteiger partial charge in [-0.05, 0) is 47.6 Å². The normalized spacial score (nSPS) is 11.6. The number of oxazole rings is 1. The first-order chi connectivity index (χ1) is 15.6. The number of thiophene rings is 1. The Labute approximate surface area is 189 Å². The molecule has 4 rings (SSSR count). The van der Waals surface area contributed by atoms with Crippen molar-refractivity contribution in [2.24, 2.45) is 0 Å². The summed E-state index contributed by atoms with van der Waals surface area (Å²) in [7, 11) is 0. The lowest BCUT2D eigenvalue weighted by molar-refractivity contribution is -0.125. The molecule has 7 heteroatoms. The summed E-state index contributed by atoms with van der Waals surface area (Å²) in [6.07, 6.45) is 6.17. The number of benzene rings is 2. The zero-order valence-corrected chi connectivity index (χ0v) is 18.3. The number of amides is 2. The van der Waals surface area contributed by atoms with E-state index in [9.17, 15) is 9.59 Å². The lowest BCUT2D eigenvalue weighted by atomic mass is 10.1. The highest BCUT2D eigenvalue weighted by Gasteiger charge is 2.33. The van der Waals surface area contributed by atoms with E-state index in [1.165, 1.54) is 16.2 Å². The van der Waals surface area contributed by atoms with Gasteiger partial charge >= 0.3 is 5.91 Å². The minimum atomic E-state index is -0.903. The number of carbonyl (C=O) groups excluding carboxylic acids is 2. The first-order valence-corrected chi connectivity index (χ1v) is 11.0. The molecule has 2 aromatic heterocycles. The van der Waals surface area contributed by atoms with Gasteiger partial charge in [-0.2, -0.15) is 0 Å². The Morgan fingerprint density at radius 3 is 2.72 bits per heavy atom. The predicted molar refractivity (Wildman–Crippen MR) is 125 cm³/mol. The fraction of sp³-hybridized carbons (Fsp3) is 0.160. The molecule has 0 saturated carbocycles. The molecule has 2 aromatic carbocycles. The molecule has 0 aliphatic heterocycles. The maximum Gasteiger partial charge on any atom is 0.303 e. The number of hydrogen-bond donors (Lipinski definition) is 1. The molecule has 1 atom stereocenters.